The molecule has 1 amide bonds. The van der Waals surface area contributed by atoms with Crippen molar-refractivity contribution in [3.63, 3.8) is 0 Å². The summed E-state index contributed by atoms with van der Waals surface area (Å²) in [5, 5.41) is 12.1. The average Bonchev–Trinajstić information content (AvgIpc) is 3.09. The van der Waals surface area contributed by atoms with Gasteiger partial charge < -0.3 is 10.4 Å². The lowest BCUT2D eigenvalue weighted by molar-refractivity contribution is -0.141. The summed E-state index contributed by atoms with van der Waals surface area (Å²) in [5.74, 6) is -0.650. The normalized spacial score (nSPS) is 28.0. The van der Waals surface area contributed by atoms with Crippen molar-refractivity contribution in [3.05, 3.63) is 0 Å². The Morgan fingerprint density at radius 1 is 1.19 bits per heavy atom. The van der Waals surface area contributed by atoms with Crippen molar-refractivity contribution in [1.29, 1.82) is 0 Å². The molecular weight excluding hydrogens is 268 g/mol. The van der Waals surface area contributed by atoms with Crippen molar-refractivity contribution in [2.75, 3.05) is 19.6 Å². The molecule has 0 spiro atoms. The predicted octanol–water partition coefficient (Wildman–Crippen LogP) is 1.72. The summed E-state index contributed by atoms with van der Waals surface area (Å²) in [6.45, 7) is 7.34. The molecule has 1 saturated heterocycles. The molecule has 5 heteroatoms. The van der Waals surface area contributed by atoms with Crippen LogP contribution in [0.1, 0.15) is 46.0 Å². The first-order valence-corrected chi connectivity index (χ1v) is 8.23. The fraction of sp³-hybridized carbons (Fsp3) is 0.875. The number of nitrogens with zero attached hydrogens (tertiary/aromatic N) is 1. The van der Waals surface area contributed by atoms with Crippen LogP contribution in [0.25, 0.3) is 0 Å². The molecule has 3 unspecified atom stereocenters. The fourth-order valence-corrected chi connectivity index (χ4v) is 3.65. The second kappa shape index (κ2) is 7.25. The molecule has 2 N–H and O–H groups in total. The molecule has 2 aliphatic rings. The summed E-state index contributed by atoms with van der Waals surface area (Å²) >= 11 is 0. The Morgan fingerprint density at radius 3 is 2.33 bits per heavy atom. The van der Waals surface area contributed by atoms with Crippen LogP contribution in [-0.2, 0) is 9.59 Å². The van der Waals surface area contributed by atoms with Crippen LogP contribution in [0.3, 0.4) is 0 Å². The van der Waals surface area contributed by atoms with Gasteiger partial charge in [0.05, 0.1) is 5.92 Å². The molecule has 1 aliphatic heterocycles. The molecule has 21 heavy (non-hydrogen) atoms. The summed E-state index contributed by atoms with van der Waals surface area (Å²) in [4.78, 5) is 25.7. The highest BCUT2D eigenvalue weighted by Crippen LogP contribution is 2.31. The summed E-state index contributed by atoms with van der Waals surface area (Å²) in [6, 6.07) is 0.396. The molecule has 120 valence electrons. The lowest BCUT2D eigenvalue weighted by atomic mass is 10.0. The van der Waals surface area contributed by atoms with Gasteiger partial charge >= 0.3 is 5.97 Å². The van der Waals surface area contributed by atoms with Crippen molar-refractivity contribution in [2.45, 2.75) is 52.0 Å². The number of likely N-dealkylation sites (tertiary alicyclic amines) is 1. The van der Waals surface area contributed by atoms with E-state index in [9.17, 15) is 9.59 Å². The SMILES string of the molecule is CC(C)C(CNC(=O)C1CCC(C(=O)O)C1)N1CCCC1. The molecule has 0 radical (unpaired) electrons. The van der Waals surface area contributed by atoms with Crippen molar-refractivity contribution in [3.8, 4) is 0 Å². The number of hydrogen-bond donors (Lipinski definition) is 2. The molecule has 0 aromatic carbocycles. The lowest BCUT2D eigenvalue weighted by Gasteiger charge is -2.31. The molecule has 5 nitrogen and oxygen atoms in total. The Labute approximate surface area is 127 Å². The second-order valence-electron chi connectivity index (χ2n) is 6.84. The highest BCUT2D eigenvalue weighted by Gasteiger charge is 2.34. The van der Waals surface area contributed by atoms with Crippen molar-refractivity contribution in [2.24, 2.45) is 17.8 Å². The maximum absolute atomic E-state index is 12.2. The van der Waals surface area contributed by atoms with Gasteiger partial charge in [-0.3, -0.25) is 14.5 Å². The van der Waals surface area contributed by atoms with E-state index in [1.54, 1.807) is 0 Å². The predicted molar refractivity (Wildman–Crippen MR) is 80.9 cm³/mol. The summed E-state index contributed by atoms with van der Waals surface area (Å²) < 4.78 is 0. The van der Waals surface area contributed by atoms with Gasteiger partial charge in [0.2, 0.25) is 5.91 Å². The van der Waals surface area contributed by atoms with E-state index in [1.807, 2.05) is 0 Å². The largest absolute Gasteiger partial charge is 0.481 e. The first-order valence-electron chi connectivity index (χ1n) is 8.23. The monoisotopic (exact) mass is 296 g/mol. The van der Waals surface area contributed by atoms with Gasteiger partial charge in [0.15, 0.2) is 0 Å². The Hall–Kier alpha value is -1.10. The summed E-state index contributed by atoms with van der Waals surface area (Å²) in [5.41, 5.74) is 0. The van der Waals surface area contributed by atoms with Crippen LogP contribution in [0.2, 0.25) is 0 Å². The highest BCUT2D eigenvalue weighted by molar-refractivity contribution is 5.80. The van der Waals surface area contributed by atoms with E-state index < -0.39 is 5.97 Å². The third kappa shape index (κ3) is 4.19. The minimum absolute atomic E-state index is 0.0450. The van der Waals surface area contributed by atoms with Crippen molar-refractivity contribution in [1.82, 2.24) is 10.2 Å². The number of carbonyl (C=O) groups is 2. The third-order valence-corrected chi connectivity index (χ3v) is 5.02. The number of carboxylic acids is 1. The number of rotatable bonds is 6. The van der Waals surface area contributed by atoms with E-state index in [0.29, 0.717) is 37.8 Å². The molecule has 1 heterocycles. The van der Waals surface area contributed by atoms with Gasteiger partial charge in [-0.2, -0.15) is 0 Å². The number of amides is 1. The van der Waals surface area contributed by atoms with Crippen LogP contribution in [0.5, 0.6) is 0 Å². The number of nitrogens with one attached hydrogen (secondary N) is 1. The molecule has 3 atom stereocenters. The third-order valence-electron chi connectivity index (χ3n) is 5.02. The number of aliphatic carboxylic acids is 1. The first-order chi connectivity index (χ1) is 9.99. The van der Waals surface area contributed by atoms with E-state index in [4.69, 9.17) is 5.11 Å². The minimum Gasteiger partial charge on any atom is -0.481 e. The van der Waals surface area contributed by atoms with Gasteiger partial charge in [0.25, 0.3) is 0 Å². The lowest BCUT2D eigenvalue weighted by Crippen LogP contribution is -2.46. The highest BCUT2D eigenvalue weighted by atomic mass is 16.4. The Balaban J connectivity index is 1.80. The van der Waals surface area contributed by atoms with Gasteiger partial charge in [0.1, 0.15) is 0 Å². The number of hydrogen-bond acceptors (Lipinski definition) is 3. The van der Waals surface area contributed by atoms with Gasteiger partial charge in [-0.1, -0.05) is 13.8 Å². The molecule has 2 rings (SSSR count). The number of carbonyl (C=O) groups excluding carboxylic acids is 1. The number of carboxylic acid groups (broad SMARTS) is 1. The van der Waals surface area contributed by atoms with E-state index >= 15 is 0 Å². The molecule has 0 bridgehead atoms. The van der Waals surface area contributed by atoms with Gasteiger partial charge in [-0.05, 0) is 51.1 Å². The van der Waals surface area contributed by atoms with E-state index in [-0.39, 0.29) is 17.7 Å². The van der Waals surface area contributed by atoms with Crippen LogP contribution in [-0.4, -0.2) is 47.6 Å². The summed E-state index contributed by atoms with van der Waals surface area (Å²) in [7, 11) is 0. The fourth-order valence-electron chi connectivity index (χ4n) is 3.65. The van der Waals surface area contributed by atoms with Crippen LogP contribution in [0.15, 0.2) is 0 Å². The van der Waals surface area contributed by atoms with Gasteiger partial charge in [-0.25, -0.2) is 0 Å². The van der Waals surface area contributed by atoms with Crippen LogP contribution < -0.4 is 5.32 Å². The molecule has 2 fully saturated rings. The van der Waals surface area contributed by atoms with Crippen molar-refractivity contribution < 1.29 is 14.7 Å². The van der Waals surface area contributed by atoms with Gasteiger partial charge in [-0.15, -0.1) is 0 Å². The van der Waals surface area contributed by atoms with Gasteiger partial charge in [0, 0.05) is 18.5 Å². The Morgan fingerprint density at radius 2 is 1.81 bits per heavy atom. The van der Waals surface area contributed by atoms with E-state index in [0.717, 1.165) is 13.1 Å². The van der Waals surface area contributed by atoms with E-state index in [1.165, 1.54) is 12.8 Å². The minimum atomic E-state index is -0.762. The molecular formula is C16H28N2O3. The average molecular weight is 296 g/mol. The quantitative estimate of drug-likeness (QED) is 0.783. The molecule has 1 saturated carbocycles. The molecule has 0 aromatic rings. The Kier molecular flexibility index (Phi) is 5.62. The zero-order valence-electron chi connectivity index (χ0n) is 13.2. The summed E-state index contributed by atoms with van der Waals surface area (Å²) in [6.07, 6.45) is 4.34. The Bertz CT molecular complexity index is 378. The van der Waals surface area contributed by atoms with Crippen molar-refractivity contribution >= 4 is 11.9 Å². The zero-order valence-corrected chi connectivity index (χ0v) is 13.2. The zero-order chi connectivity index (χ0) is 15.4. The molecule has 0 aromatic heterocycles. The second-order valence-corrected chi connectivity index (χ2v) is 6.84. The topological polar surface area (TPSA) is 69.6 Å². The maximum Gasteiger partial charge on any atom is 0.306 e. The van der Waals surface area contributed by atoms with E-state index in [2.05, 4.69) is 24.1 Å². The molecule has 1 aliphatic carbocycles. The van der Waals surface area contributed by atoms with Crippen LogP contribution in [0.4, 0.5) is 0 Å². The smallest absolute Gasteiger partial charge is 0.306 e. The maximum atomic E-state index is 12.2. The first kappa shape index (κ1) is 16.3. The van der Waals surface area contributed by atoms with Crippen LogP contribution in [0, 0.1) is 17.8 Å². The standard InChI is InChI=1S/C16H28N2O3/c1-11(2)14(18-7-3-4-8-18)10-17-15(19)12-5-6-13(9-12)16(20)21/h11-14H,3-10H2,1-2H3,(H,17,19)(H,20,21). The van der Waals surface area contributed by atoms with Crippen LogP contribution >= 0.6 is 0 Å².